The summed E-state index contributed by atoms with van der Waals surface area (Å²) in [7, 11) is 0. The molecule has 1 aliphatic carbocycles. The Labute approximate surface area is 135 Å². The van der Waals surface area contributed by atoms with Gasteiger partial charge >= 0.3 is 0 Å². The molecule has 1 unspecified atom stereocenters. The minimum absolute atomic E-state index is 0.186. The quantitative estimate of drug-likeness (QED) is 0.503. The molecule has 0 fully saturated rings. The molecular formula is C20H27NO. The van der Waals surface area contributed by atoms with E-state index in [-0.39, 0.29) is 6.10 Å². The van der Waals surface area contributed by atoms with Crippen molar-refractivity contribution in [2.24, 2.45) is 0 Å². The van der Waals surface area contributed by atoms with Crippen LogP contribution >= 0.6 is 0 Å². The second-order valence-corrected chi connectivity index (χ2v) is 4.84. The van der Waals surface area contributed by atoms with Crippen LogP contribution in [0.25, 0.3) is 0 Å². The topological polar surface area (TPSA) is 33.0 Å². The van der Waals surface area contributed by atoms with Gasteiger partial charge in [-0.3, -0.25) is 0 Å². The normalized spacial score (nSPS) is 15.6. The fourth-order valence-electron chi connectivity index (χ4n) is 2.58. The van der Waals surface area contributed by atoms with Crippen molar-refractivity contribution in [1.82, 2.24) is 0 Å². The zero-order valence-electron chi connectivity index (χ0n) is 14.1. The Hall–Kier alpha value is -2.27. The lowest BCUT2D eigenvalue weighted by Gasteiger charge is -2.17. The summed E-state index contributed by atoms with van der Waals surface area (Å²) < 4.78 is 5.28. The summed E-state index contributed by atoms with van der Waals surface area (Å²) in [6.45, 7) is 15.5. The zero-order valence-corrected chi connectivity index (χ0v) is 14.1. The van der Waals surface area contributed by atoms with Gasteiger partial charge in [0.25, 0.3) is 6.26 Å². The predicted molar refractivity (Wildman–Crippen MR) is 94.3 cm³/mol. The molecular weight excluding hydrogens is 270 g/mol. The maximum atomic E-state index is 8.82. The third-order valence-corrected chi connectivity index (χ3v) is 3.58. The number of ether oxygens (including phenoxy) is 1. The fourth-order valence-corrected chi connectivity index (χ4v) is 2.58. The van der Waals surface area contributed by atoms with Gasteiger partial charge in [-0.1, -0.05) is 42.8 Å². The summed E-state index contributed by atoms with van der Waals surface area (Å²) in [5.41, 5.74) is 5.08. The average Bonchev–Trinajstić information content (AvgIpc) is 2.68. The number of benzene rings is 1. The Bertz CT molecular complexity index is 537. The number of allylic oxidation sites excluding steroid dienone is 2. The number of nitriles is 1. The summed E-state index contributed by atoms with van der Waals surface area (Å²) in [5.74, 6) is 0. The van der Waals surface area contributed by atoms with Crippen LogP contribution in [0.4, 0.5) is 0 Å². The van der Waals surface area contributed by atoms with Crippen LogP contribution in [-0.4, -0.2) is 0 Å². The highest BCUT2D eigenvalue weighted by Crippen LogP contribution is 2.36. The third-order valence-electron chi connectivity index (χ3n) is 3.58. The first kappa shape index (κ1) is 19.7. The van der Waals surface area contributed by atoms with Gasteiger partial charge in [-0.2, -0.15) is 5.26 Å². The molecule has 22 heavy (non-hydrogen) atoms. The number of hydrogen-bond acceptors (Lipinski definition) is 2. The van der Waals surface area contributed by atoms with Crippen molar-refractivity contribution in [2.45, 2.75) is 46.1 Å². The van der Waals surface area contributed by atoms with Gasteiger partial charge in [0.1, 0.15) is 0 Å². The van der Waals surface area contributed by atoms with Gasteiger partial charge in [-0.05, 0) is 44.2 Å². The lowest BCUT2D eigenvalue weighted by molar-refractivity contribution is 0.196. The Morgan fingerprint density at radius 2 is 1.91 bits per heavy atom. The predicted octanol–water partition coefficient (Wildman–Crippen LogP) is 5.89. The molecule has 1 aromatic rings. The Balaban J connectivity index is 0.000000789. The maximum absolute atomic E-state index is 8.82. The van der Waals surface area contributed by atoms with Crippen LogP contribution in [0.5, 0.6) is 0 Å². The highest BCUT2D eigenvalue weighted by atomic mass is 16.5. The van der Waals surface area contributed by atoms with Crippen molar-refractivity contribution < 1.29 is 4.74 Å². The van der Waals surface area contributed by atoms with E-state index in [1.807, 2.05) is 19.2 Å². The first-order chi connectivity index (χ1) is 10.7. The molecule has 2 heteroatoms. The van der Waals surface area contributed by atoms with E-state index in [1.54, 1.807) is 6.08 Å². The highest BCUT2D eigenvalue weighted by Gasteiger charge is 2.23. The highest BCUT2D eigenvalue weighted by molar-refractivity contribution is 5.38. The number of nitrogens with zero attached hydrogens (tertiary/aromatic N) is 1. The molecule has 2 nitrogen and oxygen atoms in total. The van der Waals surface area contributed by atoms with E-state index in [1.165, 1.54) is 16.7 Å². The summed E-state index contributed by atoms with van der Waals surface area (Å²) >= 11 is 0. The number of fused-ring (bicyclic) bond motifs is 1. The molecule has 0 N–H and O–H groups in total. The van der Waals surface area contributed by atoms with Crippen LogP contribution in [-0.2, 0) is 11.2 Å². The van der Waals surface area contributed by atoms with Crippen LogP contribution in [0, 0.1) is 11.5 Å². The summed E-state index contributed by atoms with van der Waals surface area (Å²) in [6.07, 6.45) is 6.56. The minimum Gasteiger partial charge on any atom is -0.415 e. The molecule has 1 atom stereocenters. The van der Waals surface area contributed by atoms with E-state index in [2.05, 4.69) is 51.8 Å². The molecule has 0 amide bonds. The van der Waals surface area contributed by atoms with E-state index in [4.69, 9.17) is 10.00 Å². The second kappa shape index (κ2) is 11.4. The van der Waals surface area contributed by atoms with Crippen molar-refractivity contribution >= 4 is 0 Å². The summed E-state index contributed by atoms with van der Waals surface area (Å²) in [5, 5.41) is 8.82. The molecule has 0 spiro atoms. The first-order valence-electron chi connectivity index (χ1n) is 7.57. The molecule has 0 radical (unpaired) electrons. The smallest absolute Gasteiger partial charge is 0.287 e. The standard InChI is InChI=1S/C15H17NO.C3H6.C2H4/c1-3-12-8-9-13-6-4-5-7-14(13)15(11(12)2)17-10-16;1-3-2;1-2/h4-7,15H,3,8-9H2,1-2H3;3H,1H2,2H3;1-2H2. The number of aryl methyl sites for hydroxylation is 1. The van der Waals surface area contributed by atoms with E-state index in [0.717, 1.165) is 24.8 Å². The average molecular weight is 297 g/mol. The zero-order chi connectivity index (χ0) is 17.0. The SMILES string of the molecule is C=C.C=CC.CCC1=C(C)C(OC#N)c2ccccc2CC1. The monoisotopic (exact) mass is 297 g/mol. The van der Waals surface area contributed by atoms with Crippen LogP contribution in [0.1, 0.15) is 50.8 Å². The van der Waals surface area contributed by atoms with Crippen molar-refractivity contribution in [3.63, 3.8) is 0 Å². The van der Waals surface area contributed by atoms with Gasteiger partial charge in [-0.25, -0.2) is 0 Å². The molecule has 1 aromatic carbocycles. The van der Waals surface area contributed by atoms with Gasteiger partial charge in [0.2, 0.25) is 0 Å². The first-order valence-corrected chi connectivity index (χ1v) is 7.57. The molecule has 0 bridgehead atoms. The fraction of sp³-hybridized carbons (Fsp3) is 0.350. The molecule has 2 rings (SSSR count). The summed E-state index contributed by atoms with van der Waals surface area (Å²) in [6, 6.07) is 8.26. The molecule has 1 aliphatic rings. The largest absolute Gasteiger partial charge is 0.415 e. The van der Waals surface area contributed by atoms with Gasteiger partial charge < -0.3 is 4.74 Å². The lowest BCUT2D eigenvalue weighted by atomic mass is 9.97. The second-order valence-electron chi connectivity index (χ2n) is 4.84. The van der Waals surface area contributed by atoms with E-state index in [0.29, 0.717) is 0 Å². The van der Waals surface area contributed by atoms with Crippen molar-refractivity contribution in [3.8, 4) is 6.26 Å². The van der Waals surface area contributed by atoms with Crippen molar-refractivity contribution in [1.29, 1.82) is 5.26 Å². The number of hydrogen-bond donors (Lipinski definition) is 0. The van der Waals surface area contributed by atoms with Crippen LogP contribution in [0.15, 0.2) is 61.2 Å². The Kier molecular flexibility index (Phi) is 10.2. The molecule has 0 saturated heterocycles. The Morgan fingerprint density at radius 3 is 2.45 bits per heavy atom. The third kappa shape index (κ3) is 5.26. The summed E-state index contributed by atoms with van der Waals surface area (Å²) in [4.78, 5) is 0. The lowest BCUT2D eigenvalue weighted by Crippen LogP contribution is -2.05. The number of rotatable bonds is 2. The molecule has 0 heterocycles. The van der Waals surface area contributed by atoms with Crippen LogP contribution in [0.3, 0.4) is 0 Å². The van der Waals surface area contributed by atoms with Crippen molar-refractivity contribution in [2.75, 3.05) is 0 Å². The van der Waals surface area contributed by atoms with Gasteiger partial charge in [-0.15, -0.1) is 19.7 Å². The molecule has 0 aromatic heterocycles. The Morgan fingerprint density at radius 1 is 1.32 bits per heavy atom. The van der Waals surface area contributed by atoms with Gasteiger partial charge in [0, 0.05) is 5.56 Å². The van der Waals surface area contributed by atoms with E-state index >= 15 is 0 Å². The molecule has 118 valence electrons. The van der Waals surface area contributed by atoms with Crippen LogP contribution in [0.2, 0.25) is 0 Å². The maximum Gasteiger partial charge on any atom is 0.287 e. The minimum atomic E-state index is -0.186. The molecule has 0 aliphatic heterocycles. The van der Waals surface area contributed by atoms with Gasteiger partial charge in [0.05, 0.1) is 0 Å². The van der Waals surface area contributed by atoms with E-state index < -0.39 is 0 Å². The van der Waals surface area contributed by atoms with Crippen molar-refractivity contribution in [3.05, 3.63) is 72.4 Å². The molecule has 0 saturated carbocycles. The van der Waals surface area contributed by atoms with Crippen LogP contribution < -0.4 is 0 Å². The van der Waals surface area contributed by atoms with E-state index in [9.17, 15) is 0 Å². The van der Waals surface area contributed by atoms with Gasteiger partial charge in [0.15, 0.2) is 6.10 Å².